The summed E-state index contributed by atoms with van der Waals surface area (Å²) >= 11 is 0. The van der Waals surface area contributed by atoms with Crippen molar-refractivity contribution in [2.45, 2.75) is 6.92 Å². The quantitative estimate of drug-likeness (QED) is 0.499. The lowest BCUT2D eigenvalue weighted by atomic mass is 10.1. The molecule has 9 nitrogen and oxygen atoms in total. The lowest BCUT2D eigenvalue weighted by Gasteiger charge is -2.11. The summed E-state index contributed by atoms with van der Waals surface area (Å²) in [5.74, 6) is -0.839. The predicted octanol–water partition coefficient (Wildman–Crippen LogP) is 2.22. The van der Waals surface area contributed by atoms with E-state index in [9.17, 15) is 14.4 Å². The van der Waals surface area contributed by atoms with E-state index in [-0.39, 0.29) is 11.3 Å². The van der Waals surface area contributed by atoms with Gasteiger partial charge in [-0.1, -0.05) is 36.4 Å². The van der Waals surface area contributed by atoms with Crippen LogP contribution < -0.4 is 10.9 Å². The molecule has 1 N–H and O–H groups in total. The Morgan fingerprint density at radius 3 is 2.35 bits per heavy atom. The highest BCUT2D eigenvalue weighted by molar-refractivity contribution is 6.03. The fraction of sp³-hybridized carbons (Fsp3) is 0.136. The molecule has 0 bridgehead atoms. The van der Waals surface area contributed by atoms with Crippen LogP contribution in [0.5, 0.6) is 0 Å². The number of benzene rings is 2. The number of anilines is 1. The van der Waals surface area contributed by atoms with Gasteiger partial charge in [0.1, 0.15) is 5.82 Å². The number of aromatic nitrogens is 4. The highest BCUT2D eigenvalue weighted by Gasteiger charge is 2.20. The minimum atomic E-state index is -0.808. The molecule has 31 heavy (non-hydrogen) atoms. The van der Waals surface area contributed by atoms with Crippen LogP contribution in [-0.2, 0) is 16.6 Å². The van der Waals surface area contributed by atoms with E-state index in [0.717, 1.165) is 10.4 Å². The molecule has 0 radical (unpaired) electrons. The summed E-state index contributed by atoms with van der Waals surface area (Å²) in [6.45, 7) is 1.29. The van der Waals surface area contributed by atoms with E-state index in [0.29, 0.717) is 22.3 Å². The molecule has 2 aromatic heterocycles. The summed E-state index contributed by atoms with van der Waals surface area (Å²) in [5, 5.41) is 11.7. The van der Waals surface area contributed by atoms with Crippen LogP contribution in [0.15, 0.2) is 65.5 Å². The first-order valence-electron chi connectivity index (χ1n) is 9.49. The van der Waals surface area contributed by atoms with Crippen molar-refractivity contribution in [1.29, 1.82) is 0 Å². The second-order valence-corrected chi connectivity index (χ2v) is 6.87. The number of aryl methyl sites for hydroxylation is 2. The Morgan fingerprint density at radius 2 is 1.68 bits per heavy atom. The molecule has 0 spiro atoms. The Bertz CT molecular complexity index is 1340. The second-order valence-electron chi connectivity index (χ2n) is 6.87. The van der Waals surface area contributed by atoms with Crippen molar-refractivity contribution < 1.29 is 14.3 Å². The highest BCUT2D eigenvalue weighted by Crippen LogP contribution is 2.16. The van der Waals surface area contributed by atoms with Crippen LogP contribution in [0.4, 0.5) is 5.82 Å². The van der Waals surface area contributed by atoms with Gasteiger partial charge in [-0.25, -0.2) is 4.79 Å². The van der Waals surface area contributed by atoms with Crippen molar-refractivity contribution in [3.05, 3.63) is 82.4 Å². The Balaban J connectivity index is 1.61. The largest absolute Gasteiger partial charge is 0.451 e. The Kier molecular flexibility index (Phi) is 5.31. The molecule has 2 aromatic carbocycles. The number of para-hydroxylation sites is 1. The van der Waals surface area contributed by atoms with Crippen molar-refractivity contribution >= 4 is 28.5 Å². The molecule has 0 aliphatic rings. The topological polar surface area (TPSA) is 108 Å². The monoisotopic (exact) mass is 417 g/mol. The lowest BCUT2D eigenvalue weighted by molar-refractivity contribution is -0.119. The first kappa shape index (κ1) is 20.0. The van der Waals surface area contributed by atoms with Gasteiger partial charge in [-0.2, -0.15) is 14.9 Å². The van der Waals surface area contributed by atoms with Crippen molar-refractivity contribution in [2.75, 3.05) is 11.9 Å². The number of ether oxygens (including phenoxy) is 1. The molecule has 0 fully saturated rings. The van der Waals surface area contributed by atoms with E-state index in [1.54, 1.807) is 68.6 Å². The van der Waals surface area contributed by atoms with Crippen LogP contribution in [-0.4, -0.2) is 38.0 Å². The lowest BCUT2D eigenvalue weighted by Crippen LogP contribution is -2.27. The first-order valence-corrected chi connectivity index (χ1v) is 9.49. The van der Waals surface area contributed by atoms with Gasteiger partial charge in [0, 0.05) is 18.5 Å². The van der Waals surface area contributed by atoms with Gasteiger partial charge in [-0.3, -0.25) is 14.3 Å². The van der Waals surface area contributed by atoms with E-state index >= 15 is 0 Å². The second kappa shape index (κ2) is 8.23. The van der Waals surface area contributed by atoms with Gasteiger partial charge < -0.3 is 10.1 Å². The number of rotatable bonds is 5. The summed E-state index contributed by atoms with van der Waals surface area (Å²) in [7, 11) is 1.69. The number of fused-ring (bicyclic) bond motifs is 1. The third kappa shape index (κ3) is 4.06. The van der Waals surface area contributed by atoms with Crippen LogP contribution in [0, 0.1) is 6.92 Å². The fourth-order valence-electron chi connectivity index (χ4n) is 3.19. The molecule has 0 unspecified atom stereocenters. The number of esters is 1. The molecule has 0 saturated carbocycles. The van der Waals surface area contributed by atoms with Gasteiger partial charge in [0.15, 0.2) is 12.3 Å². The smallest absolute Gasteiger partial charge is 0.359 e. The van der Waals surface area contributed by atoms with E-state index in [4.69, 9.17) is 4.74 Å². The Hall–Kier alpha value is -4.27. The van der Waals surface area contributed by atoms with Crippen molar-refractivity contribution in [3.63, 3.8) is 0 Å². The minimum absolute atomic E-state index is 0.0526. The van der Waals surface area contributed by atoms with Crippen LogP contribution >= 0.6 is 0 Å². The van der Waals surface area contributed by atoms with E-state index in [1.165, 1.54) is 4.68 Å². The number of carbonyl (C=O) groups excluding carboxylic acids is 2. The molecule has 0 atom stereocenters. The third-order valence-electron chi connectivity index (χ3n) is 4.60. The van der Waals surface area contributed by atoms with Crippen molar-refractivity contribution in [3.8, 4) is 5.69 Å². The number of hydrogen-bond acceptors (Lipinski definition) is 6. The normalized spacial score (nSPS) is 10.8. The molecule has 4 aromatic rings. The molecule has 4 rings (SSSR count). The molecule has 0 aliphatic heterocycles. The average Bonchev–Trinajstić information content (AvgIpc) is 3.09. The molecule has 156 valence electrons. The van der Waals surface area contributed by atoms with E-state index in [2.05, 4.69) is 15.5 Å². The van der Waals surface area contributed by atoms with Crippen LogP contribution in [0.25, 0.3) is 16.5 Å². The Morgan fingerprint density at radius 1 is 1.00 bits per heavy atom. The van der Waals surface area contributed by atoms with Gasteiger partial charge in [-0.05, 0) is 25.1 Å². The number of hydrogen-bond donors (Lipinski definition) is 1. The molecular weight excluding hydrogens is 398 g/mol. The minimum Gasteiger partial charge on any atom is -0.451 e. The predicted molar refractivity (Wildman–Crippen MR) is 114 cm³/mol. The van der Waals surface area contributed by atoms with Crippen LogP contribution in [0.2, 0.25) is 0 Å². The van der Waals surface area contributed by atoms with Crippen molar-refractivity contribution in [2.24, 2.45) is 7.05 Å². The SMILES string of the molecule is Cc1cc(NC(=O)COC(=O)c2nn(-c3ccccc3)c(=O)c3ccccc23)n(C)n1. The van der Waals surface area contributed by atoms with E-state index < -0.39 is 18.5 Å². The molecule has 1 amide bonds. The summed E-state index contributed by atoms with van der Waals surface area (Å²) in [5.41, 5.74) is 0.844. The number of nitrogens with one attached hydrogen (secondary N) is 1. The fourth-order valence-corrected chi connectivity index (χ4v) is 3.19. The molecule has 0 saturated heterocycles. The van der Waals surface area contributed by atoms with Gasteiger partial charge in [-0.15, -0.1) is 0 Å². The van der Waals surface area contributed by atoms with Crippen LogP contribution in [0.1, 0.15) is 16.2 Å². The maximum atomic E-state index is 12.9. The number of nitrogens with zero attached hydrogens (tertiary/aromatic N) is 4. The summed E-state index contributed by atoms with van der Waals surface area (Å²) in [6, 6.07) is 17.1. The maximum Gasteiger partial charge on any atom is 0.359 e. The van der Waals surface area contributed by atoms with Crippen molar-refractivity contribution in [1.82, 2.24) is 19.6 Å². The zero-order valence-corrected chi connectivity index (χ0v) is 16.9. The standard InChI is InChI=1S/C22H19N5O4/c1-14-12-18(26(2)24-14)23-19(28)13-31-22(30)20-16-10-6-7-11-17(16)21(29)27(25-20)15-8-4-3-5-9-15/h3-12H,13H2,1-2H3,(H,23,28). The third-order valence-corrected chi connectivity index (χ3v) is 4.60. The van der Waals surface area contributed by atoms with Gasteiger partial charge in [0.2, 0.25) is 0 Å². The molecule has 9 heteroatoms. The average molecular weight is 417 g/mol. The van der Waals surface area contributed by atoms with Crippen LogP contribution in [0.3, 0.4) is 0 Å². The summed E-state index contributed by atoms with van der Waals surface area (Å²) < 4.78 is 7.85. The maximum absolute atomic E-state index is 12.9. The number of amides is 1. The molecule has 0 aliphatic carbocycles. The molecular formula is C22H19N5O4. The van der Waals surface area contributed by atoms with E-state index in [1.807, 2.05) is 6.07 Å². The Labute approximate surface area is 176 Å². The zero-order valence-electron chi connectivity index (χ0n) is 16.9. The zero-order chi connectivity index (χ0) is 22.0. The first-order chi connectivity index (χ1) is 14.9. The summed E-state index contributed by atoms with van der Waals surface area (Å²) in [4.78, 5) is 37.9. The molecule has 2 heterocycles. The summed E-state index contributed by atoms with van der Waals surface area (Å²) in [6.07, 6.45) is 0. The van der Waals surface area contributed by atoms with Gasteiger partial charge in [0.05, 0.1) is 16.8 Å². The van der Waals surface area contributed by atoms with Gasteiger partial charge >= 0.3 is 5.97 Å². The van der Waals surface area contributed by atoms with Gasteiger partial charge in [0.25, 0.3) is 11.5 Å². The number of carbonyl (C=O) groups is 2. The highest BCUT2D eigenvalue weighted by atomic mass is 16.5.